The largest absolute Gasteiger partial charge is 0.355 e. The number of amides is 2. The fourth-order valence-corrected chi connectivity index (χ4v) is 5.36. The summed E-state index contributed by atoms with van der Waals surface area (Å²) >= 11 is 6.06. The monoisotopic (exact) mass is 458 g/mol. The van der Waals surface area contributed by atoms with E-state index in [0.717, 1.165) is 43.4 Å². The summed E-state index contributed by atoms with van der Waals surface area (Å²) in [6.07, 6.45) is 5.55. The van der Waals surface area contributed by atoms with Crippen molar-refractivity contribution in [2.45, 2.75) is 52.0 Å². The molecule has 0 saturated carbocycles. The Labute approximate surface area is 195 Å². The van der Waals surface area contributed by atoms with Crippen LogP contribution in [0.25, 0.3) is 10.9 Å². The number of nitrogens with one attached hydrogen (secondary N) is 2. The summed E-state index contributed by atoms with van der Waals surface area (Å²) in [5, 5.41) is 4.76. The first-order chi connectivity index (χ1) is 15.4. The number of aromatic nitrogens is 1. The van der Waals surface area contributed by atoms with E-state index >= 15 is 0 Å². The van der Waals surface area contributed by atoms with Gasteiger partial charge in [0, 0.05) is 54.1 Å². The van der Waals surface area contributed by atoms with Crippen molar-refractivity contribution in [1.29, 1.82) is 0 Å². The molecule has 0 radical (unpaired) electrons. The fourth-order valence-electron chi connectivity index (χ4n) is 5.18. The van der Waals surface area contributed by atoms with Crippen LogP contribution in [-0.2, 0) is 4.79 Å². The molecule has 0 bridgehead atoms. The molecule has 2 aliphatic rings. The van der Waals surface area contributed by atoms with Crippen molar-refractivity contribution >= 4 is 34.3 Å². The molecule has 1 aromatic heterocycles. The number of piperidine rings is 2. The highest BCUT2D eigenvalue weighted by atomic mass is 35.5. The number of hydrogen-bond donors (Lipinski definition) is 2. The second kappa shape index (κ2) is 10.3. The molecule has 2 aromatic rings. The summed E-state index contributed by atoms with van der Waals surface area (Å²) in [5.41, 5.74) is 1.51. The summed E-state index contributed by atoms with van der Waals surface area (Å²) in [6, 6.07) is 8.07. The molecule has 3 heterocycles. The number of hydrogen-bond acceptors (Lipinski definition) is 3. The van der Waals surface area contributed by atoms with Gasteiger partial charge in [0.15, 0.2) is 0 Å². The minimum Gasteiger partial charge on any atom is -0.355 e. The van der Waals surface area contributed by atoms with Crippen molar-refractivity contribution in [3.63, 3.8) is 0 Å². The molecule has 174 valence electrons. The first kappa shape index (κ1) is 23.1. The lowest BCUT2D eigenvalue weighted by atomic mass is 9.84. The van der Waals surface area contributed by atoms with Crippen LogP contribution in [0.2, 0.25) is 5.02 Å². The maximum atomic E-state index is 13.0. The molecule has 0 spiro atoms. The Morgan fingerprint density at radius 3 is 2.69 bits per heavy atom. The first-order valence-corrected chi connectivity index (χ1v) is 12.4. The third-order valence-corrected chi connectivity index (χ3v) is 7.63. The van der Waals surface area contributed by atoms with E-state index in [2.05, 4.69) is 22.1 Å². The smallest absolute Gasteiger partial charge is 0.270 e. The summed E-state index contributed by atoms with van der Waals surface area (Å²) < 4.78 is 0. The zero-order valence-electron chi connectivity index (χ0n) is 19.2. The molecule has 2 atom stereocenters. The van der Waals surface area contributed by atoms with Crippen LogP contribution in [0.5, 0.6) is 0 Å². The molecule has 32 heavy (non-hydrogen) atoms. The van der Waals surface area contributed by atoms with Crippen LogP contribution in [0.1, 0.15) is 56.4 Å². The van der Waals surface area contributed by atoms with Crippen molar-refractivity contribution < 1.29 is 9.59 Å². The average Bonchev–Trinajstić information content (AvgIpc) is 3.22. The standard InChI is InChI=1S/C25H35ClN4O2/c1-17-5-3-4-11-29(17)14-10-27-24(31)18(2)19-8-12-30(13-9-19)25(32)23-16-20-15-21(26)6-7-22(20)28-23/h6-7,15-19,28H,3-5,8-14H2,1-2H3,(H,27,31)/t17-,18+/m0/s1. The van der Waals surface area contributed by atoms with Crippen LogP contribution in [0.3, 0.4) is 0 Å². The van der Waals surface area contributed by atoms with Crippen LogP contribution in [0.15, 0.2) is 24.3 Å². The van der Waals surface area contributed by atoms with Gasteiger partial charge in [-0.3, -0.25) is 14.5 Å². The summed E-state index contributed by atoms with van der Waals surface area (Å²) in [7, 11) is 0. The molecule has 6 nitrogen and oxygen atoms in total. The van der Waals surface area contributed by atoms with E-state index < -0.39 is 0 Å². The predicted octanol–water partition coefficient (Wildman–Crippen LogP) is 4.30. The highest BCUT2D eigenvalue weighted by Gasteiger charge is 2.30. The van der Waals surface area contributed by atoms with Gasteiger partial charge in [-0.2, -0.15) is 0 Å². The zero-order chi connectivity index (χ0) is 22.7. The zero-order valence-corrected chi connectivity index (χ0v) is 20.0. The van der Waals surface area contributed by atoms with Gasteiger partial charge in [0.1, 0.15) is 5.69 Å². The van der Waals surface area contributed by atoms with E-state index in [9.17, 15) is 9.59 Å². The Hall–Kier alpha value is -2.05. The first-order valence-electron chi connectivity index (χ1n) is 12.0. The lowest BCUT2D eigenvalue weighted by Gasteiger charge is -2.35. The van der Waals surface area contributed by atoms with Gasteiger partial charge < -0.3 is 15.2 Å². The molecule has 4 rings (SSSR count). The number of likely N-dealkylation sites (tertiary alicyclic amines) is 2. The number of nitrogens with zero attached hydrogens (tertiary/aromatic N) is 2. The fraction of sp³-hybridized carbons (Fsp3) is 0.600. The Kier molecular flexibility index (Phi) is 7.41. The molecular formula is C25H35ClN4O2. The maximum Gasteiger partial charge on any atom is 0.270 e. The van der Waals surface area contributed by atoms with Gasteiger partial charge in [0.05, 0.1) is 0 Å². The van der Waals surface area contributed by atoms with Crippen molar-refractivity contribution in [3.8, 4) is 0 Å². The number of aromatic amines is 1. The van der Waals surface area contributed by atoms with Crippen molar-refractivity contribution in [3.05, 3.63) is 35.0 Å². The predicted molar refractivity (Wildman–Crippen MR) is 129 cm³/mol. The number of carbonyl (C=O) groups excluding carboxylic acids is 2. The Morgan fingerprint density at radius 2 is 1.94 bits per heavy atom. The molecule has 2 aliphatic heterocycles. The van der Waals surface area contributed by atoms with Crippen molar-refractivity contribution in [2.24, 2.45) is 11.8 Å². The molecule has 2 amide bonds. The number of rotatable bonds is 6. The van der Waals surface area contributed by atoms with E-state index in [1.54, 1.807) is 0 Å². The van der Waals surface area contributed by atoms with Gasteiger partial charge in [-0.1, -0.05) is 24.9 Å². The Morgan fingerprint density at radius 1 is 1.16 bits per heavy atom. The van der Waals surface area contributed by atoms with Crippen LogP contribution in [-0.4, -0.2) is 65.4 Å². The number of carbonyl (C=O) groups is 2. The molecule has 0 aliphatic carbocycles. The molecule has 2 saturated heterocycles. The van der Waals surface area contributed by atoms with Crippen molar-refractivity contribution in [2.75, 3.05) is 32.7 Å². The van der Waals surface area contributed by atoms with Crippen LogP contribution < -0.4 is 5.32 Å². The van der Waals surface area contributed by atoms with Crippen LogP contribution in [0, 0.1) is 11.8 Å². The molecule has 2 N–H and O–H groups in total. The number of fused-ring (bicyclic) bond motifs is 1. The molecule has 7 heteroatoms. The van der Waals surface area contributed by atoms with Crippen LogP contribution in [0.4, 0.5) is 0 Å². The second-order valence-corrected chi connectivity index (χ2v) is 9.94. The lowest BCUT2D eigenvalue weighted by molar-refractivity contribution is -0.126. The Balaban J connectivity index is 1.24. The summed E-state index contributed by atoms with van der Waals surface area (Å²) in [4.78, 5) is 33.2. The van der Waals surface area contributed by atoms with Gasteiger partial charge in [0.2, 0.25) is 5.91 Å². The number of H-pyrrole nitrogens is 1. The lowest BCUT2D eigenvalue weighted by Crippen LogP contribution is -2.45. The third-order valence-electron chi connectivity index (χ3n) is 7.40. The third kappa shape index (κ3) is 5.29. The van der Waals surface area contributed by atoms with E-state index in [-0.39, 0.29) is 17.7 Å². The van der Waals surface area contributed by atoms with Gasteiger partial charge in [-0.05, 0) is 69.3 Å². The average molecular weight is 459 g/mol. The highest BCUT2D eigenvalue weighted by Crippen LogP contribution is 2.27. The number of benzene rings is 1. The van der Waals surface area contributed by atoms with Gasteiger partial charge >= 0.3 is 0 Å². The van der Waals surface area contributed by atoms with E-state index in [4.69, 9.17) is 11.6 Å². The van der Waals surface area contributed by atoms with Crippen LogP contribution >= 0.6 is 11.6 Å². The SMILES string of the molecule is C[C@@H](C(=O)NCCN1CCCC[C@@H]1C)C1CCN(C(=O)c2cc3cc(Cl)ccc3[nH]2)CC1. The topological polar surface area (TPSA) is 68.4 Å². The maximum absolute atomic E-state index is 13.0. The quantitative estimate of drug-likeness (QED) is 0.678. The van der Waals surface area contributed by atoms with E-state index in [1.807, 2.05) is 36.1 Å². The highest BCUT2D eigenvalue weighted by molar-refractivity contribution is 6.31. The minimum atomic E-state index is -0.0266. The van der Waals surface area contributed by atoms with E-state index in [0.29, 0.717) is 35.8 Å². The normalized spacial score (nSPS) is 21.6. The van der Waals surface area contributed by atoms with Gasteiger partial charge in [0.25, 0.3) is 5.91 Å². The Bertz CT molecular complexity index is 951. The van der Waals surface area contributed by atoms with E-state index in [1.165, 1.54) is 19.3 Å². The minimum absolute atomic E-state index is 0.0172. The van der Waals surface area contributed by atoms with Crippen molar-refractivity contribution in [1.82, 2.24) is 20.1 Å². The number of halogens is 1. The van der Waals surface area contributed by atoms with Gasteiger partial charge in [-0.15, -0.1) is 0 Å². The molecule has 2 fully saturated rings. The summed E-state index contributed by atoms with van der Waals surface area (Å²) in [5.74, 6) is 0.450. The molecule has 1 aromatic carbocycles. The molecular weight excluding hydrogens is 424 g/mol. The van der Waals surface area contributed by atoms with Gasteiger partial charge in [-0.25, -0.2) is 0 Å². The molecule has 0 unspecified atom stereocenters. The summed E-state index contributed by atoms with van der Waals surface area (Å²) in [6.45, 7) is 8.47. The second-order valence-electron chi connectivity index (χ2n) is 9.50.